The smallest absolute Gasteiger partial charge is 0.303 e. The van der Waals surface area contributed by atoms with Gasteiger partial charge >= 0.3 is 5.97 Å². The molecule has 1 amide bonds. The Morgan fingerprint density at radius 3 is 2.50 bits per heavy atom. The summed E-state index contributed by atoms with van der Waals surface area (Å²) in [6.07, 6.45) is 2.76. The van der Waals surface area contributed by atoms with Crippen LogP contribution in [0.25, 0.3) is 0 Å². The number of hydrogen-bond acceptors (Lipinski definition) is 2. The fourth-order valence-electron chi connectivity index (χ4n) is 2.34. The predicted octanol–water partition coefficient (Wildman–Crippen LogP) is 1.75. The third-order valence-electron chi connectivity index (χ3n) is 3.40. The zero-order valence-corrected chi connectivity index (χ0v) is 10.1. The zero-order valence-electron chi connectivity index (χ0n) is 10.1. The molecule has 0 aliphatic carbocycles. The van der Waals surface area contributed by atoms with E-state index in [1.807, 2.05) is 18.7 Å². The van der Waals surface area contributed by atoms with Crippen LogP contribution < -0.4 is 0 Å². The van der Waals surface area contributed by atoms with E-state index in [4.69, 9.17) is 5.11 Å². The number of likely N-dealkylation sites (tertiary alicyclic amines) is 1. The Bertz CT molecular complexity index is 261. The van der Waals surface area contributed by atoms with Crippen LogP contribution >= 0.6 is 0 Å². The molecule has 1 aliphatic heterocycles. The molecule has 0 saturated carbocycles. The first-order valence-corrected chi connectivity index (χ1v) is 6.09. The van der Waals surface area contributed by atoms with Crippen molar-refractivity contribution in [1.82, 2.24) is 4.90 Å². The molecule has 1 atom stereocenters. The molecule has 92 valence electrons. The molecule has 1 aliphatic rings. The molecule has 0 aromatic heterocycles. The van der Waals surface area contributed by atoms with Crippen molar-refractivity contribution in [3.05, 3.63) is 0 Å². The largest absolute Gasteiger partial charge is 0.481 e. The molecule has 0 aromatic rings. The Morgan fingerprint density at radius 2 is 2.00 bits per heavy atom. The van der Waals surface area contributed by atoms with Crippen molar-refractivity contribution in [3.63, 3.8) is 0 Å². The highest BCUT2D eigenvalue weighted by Gasteiger charge is 2.30. The second kappa shape index (κ2) is 5.87. The van der Waals surface area contributed by atoms with E-state index >= 15 is 0 Å². The number of carboxylic acids is 1. The number of rotatable bonds is 5. The number of amides is 1. The first-order chi connectivity index (χ1) is 7.58. The van der Waals surface area contributed by atoms with Gasteiger partial charge in [-0.2, -0.15) is 0 Å². The topological polar surface area (TPSA) is 57.6 Å². The van der Waals surface area contributed by atoms with Gasteiger partial charge in [-0.15, -0.1) is 0 Å². The molecule has 1 rings (SSSR count). The average Bonchev–Trinajstić information content (AvgIpc) is 2.67. The minimum Gasteiger partial charge on any atom is -0.481 e. The van der Waals surface area contributed by atoms with E-state index in [9.17, 15) is 9.59 Å². The summed E-state index contributed by atoms with van der Waals surface area (Å²) in [5.74, 6) is -0.292. The number of carbonyl (C=O) groups excluding carboxylic acids is 1. The van der Waals surface area contributed by atoms with Gasteiger partial charge in [-0.05, 0) is 25.2 Å². The molecular formula is C12H21NO3. The molecule has 0 spiro atoms. The van der Waals surface area contributed by atoms with E-state index in [0.717, 1.165) is 25.8 Å². The monoisotopic (exact) mass is 227 g/mol. The van der Waals surface area contributed by atoms with Crippen molar-refractivity contribution in [2.45, 2.75) is 39.5 Å². The molecule has 0 radical (unpaired) electrons. The van der Waals surface area contributed by atoms with E-state index < -0.39 is 5.97 Å². The van der Waals surface area contributed by atoms with E-state index in [0.29, 0.717) is 6.54 Å². The quantitative estimate of drug-likeness (QED) is 0.778. The zero-order chi connectivity index (χ0) is 12.1. The SMILES string of the molecule is CCC(CC)C(=O)N1CCC(CC(=O)O)C1. The number of carbonyl (C=O) groups is 2. The lowest BCUT2D eigenvalue weighted by atomic mass is 10.0. The summed E-state index contributed by atoms with van der Waals surface area (Å²) in [5, 5.41) is 8.70. The van der Waals surface area contributed by atoms with Gasteiger partial charge in [-0.3, -0.25) is 9.59 Å². The Hall–Kier alpha value is -1.06. The summed E-state index contributed by atoms with van der Waals surface area (Å²) in [7, 11) is 0. The minimum absolute atomic E-state index is 0.114. The molecule has 1 N–H and O–H groups in total. The van der Waals surface area contributed by atoms with Crippen LogP contribution in [0, 0.1) is 11.8 Å². The molecular weight excluding hydrogens is 206 g/mol. The highest BCUT2D eigenvalue weighted by Crippen LogP contribution is 2.22. The minimum atomic E-state index is -0.762. The summed E-state index contributed by atoms with van der Waals surface area (Å²) in [4.78, 5) is 24.4. The van der Waals surface area contributed by atoms with Gasteiger partial charge in [0.25, 0.3) is 0 Å². The van der Waals surface area contributed by atoms with Gasteiger partial charge in [-0.25, -0.2) is 0 Å². The molecule has 4 heteroatoms. The van der Waals surface area contributed by atoms with Crippen LogP contribution in [0.2, 0.25) is 0 Å². The first-order valence-electron chi connectivity index (χ1n) is 6.09. The van der Waals surface area contributed by atoms with Crippen molar-refractivity contribution in [1.29, 1.82) is 0 Å². The maximum Gasteiger partial charge on any atom is 0.303 e. The third kappa shape index (κ3) is 3.22. The maximum atomic E-state index is 12.0. The van der Waals surface area contributed by atoms with Crippen LogP contribution in [0.3, 0.4) is 0 Å². The highest BCUT2D eigenvalue weighted by molar-refractivity contribution is 5.79. The second-order valence-electron chi connectivity index (χ2n) is 4.55. The van der Waals surface area contributed by atoms with Crippen LogP contribution in [0.5, 0.6) is 0 Å². The lowest BCUT2D eigenvalue weighted by Gasteiger charge is -2.21. The highest BCUT2D eigenvalue weighted by atomic mass is 16.4. The molecule has 0 aromatic carbocycles. The van der Waals surface area contributed by atoms with Gasteiger partial charge < -0.3 is 10.0 Å². The van der Waals surface area contributed by atoms with E-state index in [-0.39, 0.29) is 24.2 Å². The molecule has 1 fully saturated rings. The van der Waals surface area contributed by atoms with Crippen LogP contribution in [0.4, 0.5) is 0 Å². The Kier molecular flexibility index (Phi) is 4.77. The Labute approximate surface area is 96.6 Å². The molecule has 1 unspecified atom stereocenters. The average molecular weight is 227 g/mol. The van der Waals surface area contributed by atoms with E-state index in [1.165, 1.54) is 0 Å². The molecule has 4 nitrogen and oxygen atoms in total. The van der Waals surface area contributed by atoms with Gasteiger partial charge in [0, 0.05) is 25.4 Å². The van der Waals surface area contributed by atoms with Crippen molar-refractivity contribution in [3.8, 4) is 0 Å². The fourth-order valence-corrected chi connectivity index (χ4v) is 2.34. The van der Waals surface area contributed by atoms with Gasteiger partial charge in [-0.1, -0.05) is 13.8 Å². The lowest BCUT2D eigenvalue weighted by molar-refractivity contribution is -0.139. The third-order valence-corrected chi connectivity index (χ3v) is 3.40. The molecule has 1 saturated heterocycles. The maximum absolute atomic E-state index is 12.0. The van der Waals surface area contributed by atoms with Gasteiger partial charge in [0.2, 0.25) is 5.91 Å². The predicted molar refractivity (Wildman–Crippen MR) is 61.0 cm³/mol. The normalized spacial score (nSPS) is 20.4. The Balaban J connectivity index is 2.46. The fraction of sp³-hybridized carbons (Fsp3) is 0.833. The van der Waals surface area contributed by atoms with Crippen molar-refractivity contribution < 1.29 is 14.7 Å². The number of carboxylic acid groups (broad SMARTS) is 1. The first kappa shape index (κ1) is 13.0. The van der Waals surface area contributed by atoms with Gasteiger partial charge in [0.05, 0.1) is 0 Å². The van der Waals surface area contributed by atoms with Crippen LogP contribution in [-0.4, -0.2) is 35.0 Å². The number of aliphatic carboxylic acids is 1. The number of hydrogen-bond donors (Lipinski definition) is 1. The van der Waals surface area contributed by atoms with Crippen LogP contribution in [-0.2, 0) is 9.59 Å². The van der Waals surface area contributed by atoms with Gasteiger partial charge in [0.15, 0.2) is 0 Å². The summed E-state index contributed by atoms with van der Waals surface area (Å²) in [5.41, 5.74) is 0. The van der Waals surface area contributed by atoms with Crippen molar-refractivity contribution in [2.24, 2.45) is 11.8 Å². The summed E-state index contributed by atoms with van der Waals surface area (Å²) in [6, 6.07) is 0. The number of nitrogens with zero attached hydrogens (tertiary/aromatic N) is 1. The summed E-state index contributed by atoms with van der Waals surface area (Å²) >= 11 is 0. The van der Waals surface area contributed by atoms with Crippen molar-refractivity contribution >= 4 is 11.9 Å². The molecule has 1 heterocycles. The van der Waals surface area contributed by atoms with Crippen molar-refractivity contribution in [2.75, 3.05) is 13.1 Å². The van der Waals surface area contributed by atoms with Crippen LogP contribution in [0.1, 0.15) is 39.5 Å². The lowest BCUT2D eigenvalue weighted by Crippen LogP contribution is -2.34. The summed E-state index contributed by atoms with van der Waals surface area (Å²) < 4.78 is 0. The molecule has 16 heavy (non-hydrogen) atoms. The standard InChI is InChI=1S/C12H21NO3/c1-3-10(4-2)12(16)13-6-5-9(8-13)7-11(14)15/h9-10H,3-8H2,1-2H3,(H,14,15). The Morgan fingerprint density at radius 1 is 1.38 bits per heavy atom. The van der Waals surface area contributed by atoms with E-state index in [2.05, 4.69) is 0 Å². The summed E-state index contributed by atoms with van der Waals surface area (Å²) in [6.45, 7) is 5.41. The van der Waals surface area contributed by atoms with E-state index in [1.54, 1.807) is 0 Å². The van der Waals surface area contributed by atoms with Gasteiger partial charge in [0.1, 0.15) is 0 Å². The second-order valence-corrected chi connectivity index (χ2v) is 4.55. The molecule has 0 bridgehead atoms. The van der Waals surface area contributed by atoms with Crippen LogP contribution in [0.15, 0.2) is 0 Å².